The third-order valence-corrected chi connectivity index (χ3v) is 8.66. The van der Waals surface area contributed by atoms with Gasteiger partial charge in [-0.25, -0.2) is 4.98 Å². The van der Waals surface area contributed by atoms with E-state index in [4.69, 9.17) is 9.72 Å². The van der Waals surface area contributed by atoms with Crippen LogP contribution in [0.25, 0.3) is 0 Å². The molecular formula is C24H40N4O2S. The minimum atomic E-state index is 0.121. The van der Waals surface area contributed by atoms with Crippen molar-refractivity contribution in [3.8, 4) is 0 Å². The van der Waals surface area contributed by atoms with Crippen molar-refractivity contribution >= 4 is 17.7 Å². The molecule has 1 amide bonds. The standard InChI is InChI=1S/C24H40N4O2S/c1-19-20(2)28(21-9-5-3-6-10-21)23(26-19)31-17-22(29)25-18-24(11-7-4-8-12-24)27-13-15-30-16-14-27/h21H,3-18H2,1-2H3,(H,25,29). The Morgan fingerprint density at radius 2 is 1.77 bits per heavy atom. The molecular weight excluding hydrogens is 408 g/mol. The summed E-state index contributed by atoms with van der Waals surface area (Å²) in [4.78, 5) is 20.3. The first-order valence-corrected chi connectivity index (χ1v) is 13.4. The molecule has 1 aromatic heterocycles. The predicted molar refractivity (Wildman–Crippen MR) is 126 cm³/mol. The highest BCUT2D eigenvalue weighted by Gasteiger charge is 2.38. The number of rotatable bonds is 7. The number of hydrogen-bond acceptors (Lipinski definition) is 5. The number of amides is 1. The van der Waals surface area contributed by atoms with Gasteiger partial charge in [0.1, 0.15) is 0 Å². The Morgan fingerprint density at radius 1 is 1.10 bits per heavy atom. The number of morpholine rings is 1. The zero-order valence-electron chi connectivity index (χ0n) is 19.5. The number of carbonyl (C=O) groups is 1. The largest absolute Gasteiger partial charge is 0.379 e. The summed E-state index contributed by atoms with van der Waals surface area (Å²) in [5, 5.41) is 4.33. The number of nitrogens with one attached hydrogen (secondary N) is 1. The van der Waals surface area contributed by atoms with E-state index >= 15 is 0 Å². The monoisotopic (exact) mass is 448 g/mol. The molecule has 0 unspecified atom stereocenters. The van der Waals surface area contributed by atoms with Gasteiger partial charge in [-0.3, -0.25) is 9.69 Å². The van der Waals surface area contributed by atoms with Gasteiger partial charge in [0.15, 0.2) is 5.16 Å². The molecule has 0 atom stereocenters. The smallest absolute Gasteiger partial charge is 0.230 e. The van der Waals surface area contributed by atoms with Crippen molar-refractivity contribution in [2.24, 2.45) is 0 Å². The zero-order chi connectivity index (χ0) is 21.7. The molecule has 2 aliphatic carbocycles. The molecule has 3 aliphatic rings. The molecule has 2 saturated carbocycles. The van der Waals surface area contributed by atoms with Crippen LogP contribution in [-0.4, -0.2) is 64.5 Å². The highest BCUT2D eigenvalue weighted by molar-refractivity contribution is 7.99. The van der Waals surface area contributed by atoms with Crippen LogP contribution in [0.5, 0.6) is 0 Å². The van der Waals surface area contributed by atoms with Crippen molar-refractivity contribution in [2.45, 2.75) is 94.8 Å². The van der Waals surface area contributed by atoms with Gasteiger partial charge in [-0.15, -0.1) is 0 Å². The van der Waals surface area contributed by atoms with E-state index in [1.165, 1.54) is 69.9 Å². The fourth-order valence-electron chi connectivity index (χ4n) is 5.76. The van der Waals surface area contributed by atoms with Crippen LogP contribution in [0.4, 0.5) is 0 Å². The van der Waals surface area contributed by atoms with Crippen molar-refractivity contribution in [1.29, 1.82) is 0 Å². The van der Waals surface area contributed by atoms with Crippen LogP contribution < -0.4 is 5.32 Å². The molecule has 6 nitrogen and oxygen atoms in total. The Hall–Kier alpha value is -1.05. The number of imidazole rings is 1. The number of hydrogen-bond donors (Lipinski definition) is 1. The SMILES string of the molecule is Cc1nc(SCC(=O)NCC2(N3CCOCC3)CCCCC2)n(C2CCCCC2)c1C. The van der Waals surface area contributed by atoms with Crippen LogP contribution in [0.2, 0.25) is 0 Å². The summed E-state index contributed by atoms with van der Waals surface area (Å²) in [6, 6.07) is 0.548. The lowest BCUT2D eigenvalue weighted by Crippen LogP contribution is -2.59. The Labute approximate surface area is 191 Å². The van der Waals surface area contributed by atoms with Gasteiger partial charge in [0.2, 0.25) is 5.91 Å². The van der Waals surface area contributed by atoms with E-state index in [2.05, 4.69) is 28.6 Å². The normalized spacial score (nSPS) is 23.0. The van der Waals surface area contributed by atoms with Crippen molar-refractivity contribution < 1.29 is 9.53 Å². The maximum absolute atomic E-state index is 12.9. The molecule has 1 aromatic rings. The maximum Gasteiger partial charge on any atom is 0.230 e. The molecule has 0 aromatic carbocycles. The van der Waals surface area contributed by atoms with E-state index in [1.807, 2.05) is 0 Å². The first-order chi connectivity index (χ1) is 15.1. The lowest BCUT2D eigenvalue weighted by molar-refractivity contribution is -0.119. The quantitative estimate of drug-likeness (QED) is 0.632. The summed E-state index contributed by atoms with van der Waals surface area (Å²) in [7, 11) is 0. The predicted octanol–water partition coefficient (Wildman–Crippen LogP) is 4.25. The van der Waals surface area contributed by atoms with Crippen molar-refractivity contribution in [3.05, 3.63) is 11.4 Å². The maximum atomic E-state index is 12.9. The molecule has 0 radical (unpaired) electrons. The third-order valence-electron chi connectivity index (χ3n) is 7.71. The van der Waals surface area contributed by atoms with Gasteiger partial charge in [-0.2, -0.15) is 0 Å². The Kier molecular flexibility index (Phi) is 7.99. The Bertz CT molecular complexity index is 732. The van der Waals surface area contributed by atoms with E-state index in [0.717, 1.165) is 43.7 Å². The number of carbonyl (C=O) groups excluding carboxylic acids is 1. The molecule has 7 heteroatoms. The van der Waals surface area contributed by atoms with Gasteiger partial charge in [-0.1, -0.05) is 50.3 Å². The molecule has 1 aliphatic heterocycles. The number of aryl methyl sites for hydroxylation is 1. The molecule has 1 saturated heterocycles. The summed E-state index contributed by atoms with van der Waals surface area (Å²) in [6.45, 7) is 8.64. The van der Waals surface area contributed by atoms with Crippen LogP contribution >= 0.6 is 11.8 Å². The molecule has 0 spiro atoms. The number of thioether (sulfide) groups is 1. The first-order valence-electron chi connectivity index (χ1n) is 12.4. The molecule has 31 heavy (non-hydrogen) atoms. The van der Waals surface area contributed by atoms with E-state index in [1.54, 1.807) is 11.8 Å². The molecule has 0 bridgehead atoms. The molecule has 3 fully saturated rings. The van der Waals surface area contributed by atoms with Crippen LogP contribution in [-0.2, 0) is 9.53 Å². The molecule has 2 heterocycles. The van der Waals surface area contributed by atoms with Crippen molar-refractivity contribution in [1.82, 2.24) is 19.8 Å². The summed E-state index contributed by atoms with van der Waals surface area (Å²) in [5.74, 6) is 0.582. The third kappa shape index (κ3) is 5.48. The fourth-order valence-corrected chi connectivity index (χ4v) is 6.75. The summed E-state index contributed by atoms with van der Waals surface area (Å²) < 4.78 is 8.00. The first kappa shape index (κ1) is 23.1. The van der Waals surface area contributed by atoms with Crippen LogP contribution in [0, 0.1) is 13.8 Å². The Morgan fingerprint density at radius 3 is 2.48 bits per heavy atom. The molecule has 4 rings (SSSR count). The Balaban J connectivity index is 1.35. The zero-order valence-corrected chi connectivity index (χ0v) is 20.3. The minimum absolute atomic E-state index is 0.121. The van der Waals surface area contributed by atoms with Gasteiger partial charge in [0.25, 0.3) is 0 Å². The minimum Gasteiger partial charge on any atom is -0.379 e. The fraction of sp³-hybridized carbons (Fsp3) is 0.833. The lowest BCUT2D eigenvalue weighted by atomic mass is 9.79. The highest BCUT2D eigenvalue weighted by Crippen LogP contribution is 2.35. The second kappa shape index (κ2) is 10.7. The molecule has 1 N–H and O–H groups in total. The van der Waals surface area contributed by atoms with Gasteiger partial charge in [0, 0.05) is 36.9 Å². The van der Waals surface area contributed by atoms with Gasteiger partial charge < -0.3 is 14.6 Å². The summed E-state index contributed by atoms with van der Waals surface area (Å²) in [5.41, 5.74) is 2.49. The van der Waals surface area contributed by atoms with Crippen molar-refractivity contribution in [2.75, 3.05) is 38.6 Å². The van der Waals surface area contributed by atoms with E-state index < -0.39 is 0 Å². The van der Waals surface area contributed by atoms with Gasteiger partial charge >= 0.3 is 0 Å². The molecule has 174 valence electrons. The van der Waals surface area contributed by atoms with Gasteiger partial charge in [0.05, 0.1) is 24.7 Å². The van der Waals surface area contributed by atoms with E-state index in [0.29, 0.717) is 11.8 Å². The van der Waals surface area contributed by atoms with Crippen LogP contribution in [0.3, 0.4) is 0 Å². The van der Waals surface area contributed by atoms with E-state index in [-0.39, 0.29) is 11.4 Å². The number of nitrogens with zero attached hydrogens (tertiary/aromatic N) is 3. The second-order valence-electron chi connectivity index (χ2n) is 9.68. The topological polar surface area (TPSA) is 59.4 Å². The highest BCUT2D eigenvalue weighted by atomic mass is 32.2. The average molecular weight is 449 g/mol. The van der Waals surface area contributed by atoms with Crippen molar-refractivity contribution in [3.63, 3.8) is 0 Å². The van der Waals surface area contributed by atoms with Crippen LogP contribution in [0.15, 0.2) is 5.16 Å². The number of aromatic nitrogens is 2. The number of ether oxygens (including phenoxy) is 1. The van der Waals surface area contributed by atoms with E-state index in [9.17, 15) is 4.79 Å². The average Bonchev–Trinajstić information content (AvgIpc) is 3.11. The summed E-state index contributed by atoms with van der Waals surface area (Å²) in [6.07, 6.45) is 12.6. The lowest BCUT2D eigenvalue weighted by Gasteiger charge is -2.48. The summed E-state index contributed by atoms with van der Waals surface area (Å²) >= 11 is 1.61. The van der Waals surface area contributed by atoms with Crippen LogP contribution in [0.1, 0.15) is 81.6 Å². The van der Waals surface area contributed by atoms with Gasteiger partial charge in [-0.05, 0) is 39.5 Å². The second-order valence-corrected chi connectivity index (χ2v) is 10.6.